The van der Waals surface area contributed by atoms with Crippen molar-refractivity contribution < 1.29 is 24.2 Å². The Morgan fingerprint density at radius 2 is 2.19 bits per heavy atom. The van der Waals surface area contributed by atoms with Crippen LogP contribution in [0.3, 0.4) is 0 Å². The Balaban J connectivity index is 2.86. The van der Waals surface area contributed by atoms with E-state index in [1.807, 2.05) is 0 Å². The number of hydrogen-bond donors (Lipinski definition) is 1. The van der Waals surface area contributed by atoms with E-state index in [2.05, 4.69) is 0 Å². The second-order valence-electron chi connectivity index (χ2n) is 3.93. The number of hydrogen-bond acceptors (Lipinski definition) is 4. The average molecular weight is 229 g/mol. The lowest BCUT2D eigenvalue weighted by molar-refractivity contribution is -0.161. The third-order valence-electron chi connectivity index (χ3n) is 2.73. The number of rotatable bonds is 2. The molecule has 0 aromatic carbocycles. The van der Waals surface area contributed by atoms with E-state index < -0.39 is 17.5 Å². The highest BCUT2D eigenvalue weighted by Gasteiger charge is 2.47. The molecule has 1 aliphatic heterocycles. The number of nitrogens with zero attached hydrogens (tertiary/aromatic N) is 1. The molecule has 1 amide bonds. The molecule has 1 unspecified atom stereocenters. The zero-order valence-electron chi connectivity index (χ0n) is 9.36. The van der Waals surface area contributed by atoms with Crippen LogP contribution < -0.4 is 0 Å². The Bertz CT molecular complexity index is 327. The molecule has 0 saturated carbocycles. The number of ether oxygens (including phenoxy) is 1. The second-order valence-corrected chi connectivity index (χ2v) is 3.93. The first-order chi connectivity index (χ1) is 7.41. The molecule has 6 nitrogen and oxygen atoms in total. The largest absolute Gasteiger partial charge is 0.465 e. The van der Waals surface area contributed by atoms with Crippen LogP contribution in [0, 0.1) is 5.41 Å². The third-order valence-corrected chi connectivity index (χ3v) is 2.73. The maximum Gasteiger partial charge on any atom is 0.407 e. The van der Waals surface area contributed by atoms with E-state index in [0.717, 1.165) is 4.90 Å². The van der Waals surface area contributed by atoms with Gasteiger partial charge in [-0.3, -0.25) is 9.59 Å². The molecular formula is C10H15NO5. The van der Waals surface area contributed by atoms with E-state index in [1.165, 1.54) is 6.92 Å². The molecule has 90 valence electrons. The van der Waals surface area contributed by atoms with Gasteiger partial charge in [0.25, 0.3) is 0 Å². The fraction of sp³-hybridized carbons (Fsp3) is 0.700. The molecule has 0 aromatic rings. The molecule has 16 heavy (non-hydrogen) atoms. The Morgan fingerprint density at radius 1 is 1.56 bits per heavy atom. The number of piperidine rings is 1. The predicted octanol–water partition coefficient (Wildman–Crippen LogP) is 0.509. The molecule has 1 heterocycles. The van der Waals surface area contributed by atoms with Crippen molar-refractivity contribution in [2.24, 2.45) is 5.41 Å². The number of carbonyl (C=O) groups is 3. The van der Waals surface area contributed by atoms with Crippen molar-refractivity contribution in [2.45, 2.75) is 20.3 Å². The van der Waals surface area contributed by atoms with Gasteiger partial charge in [0.2, 0.25) is 0 Å². The van der Waals surface area contributed by atoms with Crippen LogP contribution >= 0.6 is 0 Å². The minimum absolute atomic E-state index is 0.0572. The van der Waals surface area contributed by atoms with Gasteiger partial charge in [-0.2, -0.15) is 0 Å². The fourth-order valence-corrected chi connectivity index (χ4v) is 1.69. The summed E-state index contributed by atoms with van der Waals surface area (Å²) in [6, 6.07) is 0. The van der Waals surface area contributed by atoms with Gasteiger partial charge in [0, 0.05) is 19.5 Å². The summed E-state index contributed by atoms with van der Waals surface area (Å²) < 4.78 is 4.80. The van der Waals surface area contributed by atoms with Crippen LogP contribution in [0.5, 0.6) is 0 Å². The molecule has 1 saturated heterocycles. The van der Waals surface area contributed by atoms with Gasteiger partial charge in [-0.15, -0.1) is 0 Å². The van der Waals surface area contributed by atoms with Crippen LogP contribution in [-0.2, 0) is 14.3 Å². The first kappa shape index (κ1) is 12.5. The molecule has 0 aliphatic carbocycles. The lowest BCUT2D eigenvalue weighted by atomic mass is 9.81. The van der Waals surface area contributed by atoms with E-state index in [0.29, 0.717) is 0 Å². The summed E-state index contributed by atoms with van der Waals surface area (Å²) in [5.74, 6) is -0.908. The van der Waals surface area contributed by atoms with E-state index in [1.54, 1.807) is 6.92 Å². The molecule has 1 aliphatic rings. The minimum Gasteiger partial charge on any atom is -0.465 e. The van der Waals surface area contributed by atoms with Gasteiger partial charge in [-0.1, -0.05) is 0 Å². The number of carbonyl (C=O) groups excluding carboxylic acids is 2. The molecule has 1 N–H and O–H groups in total. The summed E-state index contributed by atoms with van der Waals surface area (Å²) in [6.07, 6.45) is -1.07. The van der Waals surface area contributed by atoms with Gasteiger partial charge in [-0.05, 0) is 13.8 Å². The van der Waals surface area contributed by atoms with Gasteiger partial charge in [0.05, 0.1) is 6.61 Å². The number of likely N-dealkylation sites (tertiary alicyclic amines) is 1. The smallest absolute Gasteiger partial charge is 0.407 e. The van der Waals surface area contributed by atoms with E-state index in [-0.39, 0.29) is 31.9 Å². The molecule has 0 bridgehead atoms. The van der Waals surface area contributed by atoms with Gasteiger partial charge >= 0.3 is 12.1 Å². The van der Waals surface area contributed by atoms with Crippen molar-refractivity contribution in [3.63, 3.8) is 0 Å². The van der Waals surface area contributed by atoms with E-state index in [4.69, 9.17) is 9.84 Å². The van der Waals surface area contributed by atoms with E-state index >= 15 is 0 Å². The Morgan fingerprint density at radius 3 is 2.69 bits per heavy atom. The number of ketones is 1. The van der Waals surface area contributed by atoms with Crippen LogP contribution in [0.15, 0.2) is 0 Å². The molecule has 0 radical (unpaired) electrons. The number of Topliss-reactive ketones (excluding diaryl/α,β-unsaturated/α-hetero) is 1. The summed E-state index contributed by atoms with van der Waals surface area (Å²) in [5.41, 5.74) is -1.35. The van der Waals surface area contributed by atoms with Crippen LogP contribution in [0.4, 0.5) is 4.79 Å². The highest BCUT2D eigenvalue weighted by molar-refractivity contribution is 6.04. The summed E-state index contributed by atoms with van der Waals surface area (Å²) in [7, 11) is 0. The van der Waals surface area contributed by atoms with Crippen molar-refractivity contribution in [3.05, 3.63) is 0 Å². The van der Waals surface area contributed by atoms with Crippen LogP contribution in [0.2, 0.25) is 0 Å². The number of carboxylic acid groups (broad SMARTS) is 1. The summed E-state index contributed by atoms with van der Waals surface area (Å²) >= 11 is 0. The fourth-order valence-electron chi connectivity index (χ4n) is 1.69. The predicted molar refractivity (Wildman–Crippen MR) is 54.0 cm³/mol. The summed E-state index contributed by atoms with van der Waals surface area (Å²) in [5, 5.41) is 8.83. The standard InChI is InChI=1S/C10H15NO5/c1-3-16-8(13)10(2)6-11(9(14)15)5-4-7(10)12/h3-6H2,1-2H3,(H,14,15). The lowest BCUT2D eigenvalue weighted by Gasteiger charge is -2.35. The highest BCUT2D eigenvalue weighted by Crippen LogP contribution is 2.27. The molecule has 1 fully saturated rings. The van der Waals surface area contributed by atoms with Crippen molar-refractivity contribution in [3.8, 4) is 0 Å². The maximum atomic E-state index is 11.7. The minimum atomic E-state index is -1.35. The molecule has 1 rings (SSSR count). The van der Waals surface area contributed by atoms with Crippen molar-refractivity contribution in [1.29, 1.82) is 0 Å². The van der Waals surface area contributed by atoms with Crippen LogP contribution in [0.25, 0.3) is 0 Å². The zero-order valence-corrected chi connectivity index (χ0v) is 9.36. The molecule has 6 heteroatoms. The van der Waals surface area contributed by atoms with Crippen molar-refractivity contribution in [1.82, 2.24) is 4.90 Å². The first-order valence-electron chi connectivity index (χ1n) is 5.10. The number of amides is 1. The SMILES string of the molecule is CCOC(=O)C1(C)CN(C(=O)O)CCC1=O. The van der Waals surface area contributed by atoms with Gasteiger partial charge in [0.1, 0.15) is 5.41 Å². The summed E-state index contributed by atoms with van der Waals surface area (Å²) in [6.45, 7) is 3.27. The zero-order chi connectivity index (χ0) is 12.3. The van der Waals surface area contributed by atoms with Gasteiger partial charge in [-0.25, -0.2) is 4.79 Å². The maximum absolute atomic E-state index is 11.7. The van der Waals surface area contributed by atoms with Crippen molar-refractivity contribution in [2.75, 3.05) is 19.7 Å². The van der Waals surface area contributed by atoms with E-state index in [9.17, 15) is 14.4 Å². The van der Waals surface area contributed by atoms with Crippen LogP contribution in [0.1, 0.15) is 20.3 Å². The highest BCUT2D eigenvalue weighted by atomic mass is 16.5. The van der Waals surface area contributed by atoms with Crippen molar-refractivity contribution >= 4 is 17.8 Å². The first-order valence-corrected chi connectivity index (χ1v) is 5.10. The molecule has 0 aromatic heterocycles. The molecule has 0 spiro atoms. The average Bonchev–Trinajstić information content (AvgIpc) is 2.22. The summed E-state index contributed by atoms with van der Waals surface area (Å²) in [4.78, 5) is 35.2. The number of esters is 1. The monoisotopic (exact) mass is 229 g/mol. The third kappa shape index (κ3) is 2.15. The lowest BCUT2D eigenvalue weighted by Crippen LogP contribution is -2.54. The topological polar surface area (TPSA) is 83.9 Å². The molecular weight excluding hydrogens is 214 g/mol. The molecule has 1 atom stereocenters. The Kier molecular flexibility index (Phi) is 3.51. The van der Waals surface area contributed by atoms with Gasteiger partial charge in [0.15, 0.2) is 5.78 Å². The quantitative estimate of drug-likeness (QED) is 0.551. The Labute approximate surface area is 93.2 Å². The van der Waals surface area contributed by atoms with Crippen LogP contribution in [-0.4, -0.2) is 47.5 Å². The Hall–Kier alpha value is -1.59. The normalized spacial score (nSPS) is 25.4. The van der Waals surface area contributed by atoms with Gasteiger partial charge < -0.3 is 14.7 Å². The second kappa shape index (κ2) is 4.51.